The summed E-state index contributed by atoms with van der Waals surface area (Å²) in [6.07, 6.45) is 0.0854. The van der Waals surface area contributed by atoms with Crippen molar-refractivity contribution in [2.24, 2.45) is 0 Å². The third-order valence-corrected chi connectivity index (χ3v) is 4.29. The second kappa shape index (κ2) is 8.56. The molecule has 1 heterocycles. The van der Waals surface area contributed by atoms with E-state index in [2.05, 4.69) is 5.16 Å². The number of carbonyl (C=O) groups excluding carboxylic acids is 1. The Morgan fingerprint density at radius 2 is 1.79 bits per heavy atom. The predicted molar refractivity (Wildman–Crippen MR) is 99.7 cm³/mol. The standard InChI is InChI=1S/C21H20FNO5/c1-13-17(23-28-21(13)15-5-7-16(22)8-6-15)12-27-20(24)11-14-4-9-18(25-2)19(10-14)26-3/h4-10H,11-12H2,1-3H3. The quantitative estimate of drug-likeness (QED) is 0.571. The van der Waals surface area contributed by atoms with E-state index in [9.17, 15) is 9.18 Å². The number of aromatic nitrogens is 1. The number of halogens is 1. The van der Waals surface area contributed by atoms with Gasteiger partial charge in [-0.3, -0.25) is 4.79 Å². The summed E-state index contributed by atoms with van der Waals surface area (Å²) in [6, 6.07) is 11.1. The van der Waals surface area contributed by atoms with Gasteiger partial charge in [0, 0.05) is 11.1 Å². The lowest BCUT2D eigenvalue weighted by atomic mass is 10.1. The van der Waals surface area contributed by atoms with Gasteiger partial charge in [0.2, 0.25) is 0 Å². The lowest BCUT2D eigenvalue weighted by Crippen LogP contribution is -2.09. The molecule has 0 radical (unpaired) electrons. The zero-order valence-corrected chi connectivity index (χ0v) is 15.8. The molecule has 3 aromatic rings. The summed E-state index contributed by atoms with van der Waals surface area (Å²) in [5.41, 5.74) is 2.70. The highest BCUT2D eigenvalue weighted by molar-refractivity contribution is 5.73. The first kappa shape index (κ1) is 19.4. The topological polar surface area (TPSA) is 70.8 Å². The summed E-state index contributed by atoms with van der Waals surface area (Å²) in [5, 5.41) is 3.96. The van der Waals surface area contributed by atoms with Gasteiger partial charge in [0.1, 0.15) is 18.1 Å². The number of nitrogens with zero attached hydrogens (tertiary/aromatic N) is 1. The molecule has 0 N–H and O–H groups in total. The molecule has 28 heavy (non-hydrogen) atoms. The highest BCUT2D eigenvalue weighted by atomic mass is 19.1. The molecule has 0 aliphatic rings. The van der Waals surface area contributed by atoms with Gasteiger partial charge in [0.05, 0.1) is 20.6 Å². The molecule has 0 aliphatic carbocycles. The van der Waals surface area contributed by atoms with Gasteiger partial charge >= 0.3 is 5.97 Å². The summed E-state index contributed by atoms with van der Waals surface area (Å²) >= 11 is 0. The summed E-state index contributed by atoms with van der Waals surface area (Å²) in [7, 11) is 3.08. The molecule has 7 heteroatoms. The van der Waals surface area contributed by atoms with E-state index in [1.165, 1.54) is 19.2 Å². The van der Waals surface area contributed by atoms with Crippen LogP contribution in [0.2, 0.25) is 0 Å². The lowest BCUT2D eigenvalue weighted by molar-refractivity contribution is -0.144. The minimum atomic E-state index is -0.405. The van der Waals surface area contributed by atoms with Crippen molar-refractivity contribution in [3.05, 3.63) is 65.1 Å². The Balaban J connectivity index is 1.63. The molecule has 0 atom stereocenters. The molecule has 0 unspecified atom stereocenters. The van der Waals surface area contributed by atoms with Crippen molar-refractivity contribution < 1.29 is 27.9 Å². The first-order valence-corrected chi connectivity index (χ1v) is 8.59. The Morgan fingerprint density at radius 3 is 2.46 bits per heavy atom. The number of rotatable bonds is 7. The number of hydrogen-bond donors (Lipinski definition) is 0. The Kier molecular flexibility index (Phi) is 5.93. The average molecular weight is 385 g/mol. The molecule has 0 bridgehead atoms. The van der Waals surface area contributed by atoms with Crippen LogP contribution < -0.4 is 9.47 Å². The fraction of sp³-hybridized carbons (Fsp3) is 0.238. The maximum absolute atomic E-state index is 13.1. The molecule has 0 aliphatic heterocycles. The first-order chi connectivity index (χ1) is 13.5. The smallest absolute Gasteiger partial charge is 0.310 e. The number of carbonyl (C=O) groups is 1. The van der Waals surface area contributed by atoms with Crippen LogP contribution in [0.25, 0.3) is 11.3 Å². The van der Waals surface area contributed by atoms with Crippen LogP contribution in [-0.4, -0.2) is 25.3 Å². The van der Waals surface area contributed by atoms with Crippen molar-refractivity contribution in [1.29, 1.82) is 0 Å². The first-order valence-electron chi connectivity index (χ1n) is 8.59. The highest BCUT2D eigenvalue weighted by Gasteiger charge is 2.16. The van der Waals surface area contributed by atoms with Gasteiger partial charge in [0.15, 0.2) is 17.3 Å². The normalized spacial score (nSPS) is 10.6. The van der Waals surface area contributed by atoms with Gasteiger partial charge < -0.3 is 18.7 Å². The van der Waals surface area contributed by atoms with Crippen molar-refractivity contribution in [3.63, 3.8) is 0 Å². The van der Waals surface area contributed by atoms with Crippen molar-refractivity contribution in [3.8, 4) is 22.8 Å². The minimum Gasteiger partial charge on any atom is -0.493 e. The number of ether oxygens (including phenoxy) is 3. The zero-order valence-electron chi connectivity index (χ0n) is 15.8. The van der Waals surface area contributed by atoms with Crippen LogP contribution in [0.1, 0.15) is 16.8 Å². The molecule has 0 spiro atoms. The third kappa shape index (κ3) is 4.31. The van der Waals surface area contributed by atoms with Gasteiger partial charge in [-0.25, -0.2) is 4.39 Å². The van der Waals surface area contributed by atoms with Crippen LogP contribution in [0.5, 0.6) is 11.5 Å². The van der Waals surface area contributed by atoms with Crippen LogP contribution in [0.4, 0.5) is 4.39 Å². The third-order valence-electron chi connectivity index (χ3n) is 4.29. The van der Waals surface area contributed by atoms with E-state index in [0.717, 1.165) is 11.1 Å². The molecule has 2 aromatic carbocycles. The van der Waals surface area contributed by atoms with Crippen molar-refractivity contribution >= 4 is 5.97 Å². The molecule has 6 nitrogen and oxygen atoms in total. The molecule has 3 rings (SSSR count). The number of methoxy groups -OCH3 is 2. The molecule has 146 valence electrons. The summed E-state index contributed by atoms with van der Waals surface area (Å²) < 4.78 is 34.1. The zero-order chi connectivity index (χ0) is 20.1. The van der Waals surface area contributed by atoms with Gasteiger partial charge in [-0.05, 0) is 48.9 Å². The van der Waals surface area contributed by atoms with Crippen LogP contribution in [0.15, 0.2) is 47.0 Å². The fourth-order valence-electron chi connectivity index (χ4n) is 2.73. The molecule has 0 saturated heterocycles. The molecule has 0 amide bonds. The molecular formula is C21H20FNO5. The minimum absolute atomic E-state index is 0.0113. The van der Waals surface area contributed by atoms with E-state index in [-0.39, 0.29) is 18.8 Å². The van der Waals surface area contributed by atoms with Crippen LogP contribution in [-0.2, 0) is 22.6 Å². The van der Waals surface area contributed by atoms with E-state index in [0.29, 0.717) is 28.5 Å². The van der Waals surface area contributed by atoms with Crippen LogP contribution in [0, 0.1) is 12.7 Å². The lowest BCUT2D eigenvalue weighted by Gasteiger charge is -2.09. The Hall–Kier alpha value is -3.35. The van der Waals surface area contributed by atoms with E-state index in [4.69, 9.17) is 18.7 Å². The summed E-state index contributed by atoms with van der Waals surface area (Å²) in [5.74, 6) is 0.921. The maximum Gasteiger partial charge on any atom is 0.310 e. The van der Waals surface area contributed by atoms with Crippen molar-refractivity contribution in [2.45, 2.75) is 20.0 Å². The Morgan fingerprint density at radius 1 is 1.07 bits per heavy atom. The van der Waals surface area contributed by atoms with Crippen molar-refractivity contribution in [2.75, 3.05) is 14.2 Å². The van der Waals surface area contributed by atoms with Gasteiger partial charge in [0.25, 0.3) is 0 Å². The predicted octanol–water partition coefficient (Wildman–Crippen LogP) is 4.09. The monoisotopic (exact) mass is 385 g/mol. The van der Waals surface area contributed by atoms with E-state index >= 15 is 0 Å². The number of hydrogen-bond acceptors (Lipinski definition) is 6. The van der Waals surface area contributed by atoms with E-state index in [1.54, 1.807) is 37.4 Å². The second-order valence-corrected chi connectivity index (χ2v) is 6.12. The Bertz CT molecular complexity index is 965. The molecular weight excluding hydrogens is 365 g/mol. The molecule has 1 aromatic heterocycles. The Labute approximate surface area is 161 Å². The number of benzene rings is 2. The molecule has 0 saturated carbocycles. The van der Waals surface area contributed by atoms with Crippen LogP contribution >= 0.6 is 0 Å². The summed E-state index contributed by atoms with van der Waals surface area (Å²) in [6.45, 7) is 1.80. The van der Waals surface area contributed by atoms with Crippen molar-refractivity contribution in [1.82, 2.24) is 5.16 Å². The maximum atomic E-state index is 13.1. The average Bonchev–Trinajstić information content (AvgIpc) is 3.07. The SMILES string of the molecule is COc1ccc(CC(=O)OCc2noc(-c3ccc(F)cc3)c2C)cc1OC. The van der Waals surface area contributed by atoms with Crippen LogP contribution in [0.3, 0.4) is 0 Å². The molecule has 0 fully saturated rings. The van der Waals surface area contributed by atoms with E-state index < -0.39 is 5.97 Å². The van der Waals surface area contributed by atoms with Gasteiger partial charge in [-0.15, -0.1) is 0 Å². The number of esters is 1. The fourth-order valence-corrected chi connectivity index (χ4v) is 2.73. The highest BCUT2D eigenvalue weighted by Crippen LogP contribution is 2.28. The van der Waals surface area contributed by atoms with Gasteiger partial charge in [-0.1, -0.05) is 11.2 Å². The van der Waals surface area contributed by atoms with Gasteiger partial charge in [-0.2, -0.15) is 0 Å². The summed E-state index contributed by atoms with van der Waals surface area (Å²) in [4.78, 5) is 12.2. The second-order valence-electron chi connectivity index (χ2n) is 6.12. The van der Waals surface area contributed by atoms with E-state index in [1.807, 2.05) is 6.92 Å². The largest absolute Gasteiger partial charge is 0.493 e.